The van der Waals surface area contributed by atoms with E-state index < -0.39 is 11.5 Å². The molecule has 2 heterocycles. The summed E-state index contributed by atoms with van der Waals surface area (Å²) in [6.45, 7) is 6.26. The molecule has 3 N–H and O–H groups in total. The fourth-order valence-corrected chi connectivity index (χ4v) is 5.09. The number of hydrogen-bond acceptors (Lipinski definition) is 5. The monoisotopic (exact) mass is 437 g/mol. The van der Waals surface area contributed by atoms with Gasteiger partial charge in [0.15, 0.2) is 0 Å². The SMILES string of the molecule is COc1ccc(OC)c(NC(=O)[C@H]2C[C@H](CC(C)C)N[C@]23C(=O)Nc2c(C)cccc23)c1. The molecule has 1 spiro atoms. The molecular weight excluding hydrogens is 406 g/mol. The van der Waals surface area contributed by atoms with Crippen molar-refractivity contribution in [1.29, 1.82) is 0 Å². The van der Waals surface area contributed by atoms with Gasteiger partial charge in [0.25, 0.3) is 0 Å². The van der Waals surface area contributed by atoms with Gasteiger partial charge in [-0.05, 0) is 43.4 Å². The lowest BCUT2D eigenvalue weighted by Crippen LogP contribution is -2.52. The molecular formula is C25H31N3O4. The Hall–Kier alpha value is -3.06. The molecule has 0 saturated carbocycles. The fraction of sp³-hybridized carbons (Fsp3) is 0.440. The van der Waals surface area contributed by atoms with Crippen molar-refractivity contribution < 1.29 is 19.1 Å². The smallest absolute Gasteiger partial charge is 0.250 e. The van der Waals surface area contributed by atoms with E-state index in [-0.39, 0.29) is 17.9 Å². The van der Waals surface area contributed by atoms with Crippen LogP contribution >= 0.6 is 0 Å². The van der Waals surface area contributed by atoms with E-state index in [0.717, 1.165) is 23.2 Å². The quantitative estimate of drug-likeness (QED) is 0.639. The number of nitrogens with one attached hydrogen (secondary N) is 3. The van der Waals surface area contributed by atoms with Crippen molar-refractivity contribution >= 4 is 23.2 Å². The first kappa shape index (κ1) is 22.1. The number of carbonyl (C=O) groups excluding carboxylic acids is 2. The molecule has 2 aliphatic heterocycles. The molecule has 0 aromatic heterocycles. The van der Waals surface area contributed by atoms with Gasteiger partial charge >= 0.3 is 0 Å². The molecule has 1 fully saturated rings. The number of benzene rings is 2. The molecule has 2 aliphatic rings. The number of amides is 2. The number of rotatable bonds is 6. The first-order valence-corrected chi connectivity index (χ1v) is 11.0. The van der Waals surface area contributed by atoms with E-state index in [2.05, 4.69) is 29.8 Å². The maximum absolute atomic E-state index is 13.7. The summed E-state index contributed by atoms with van der Waals surface area (Å²) in [6.07, 6.45) is 1.44. The summed E-state index contributed by atoms with van der Waals surface area (Å²) >= 11 is 0. The van der Waals surface area contributed by atoms with E-state index in [1.807, 2.05) is 25.1 Å². The van der Waals surface area contributed by atoms with Crippen molar-refractivity contribution in [2.75, 3.05) is 24.9 Å². The highest BCUT2D eigenvalue weighted by Gasteiger charge is 2.60. The summed E-state index contributed by atoms with van der Waals surface area (Å²) in [4.78, 5) is 27.1. The van der Waals surface area contributed by atoms with Gasteiger partial charge in [-0.3, -0.25) is 14.9 Å². The van der Waals surface area contributed by atoms with Crippen LogP contribution in [0, 0.1) is 18.8 Å². The summed E-state index contributed by atoms with van der Waals surface area (Å²) in [6, 6.07) is 11.1. The van der Waals surface area contributed by atoms with E-state index in [1.165, 1.54) is 0 Å². The van der Waals surface area contributed by atoms with Crippen LogP contribution in [0.5, 0.6) is 11.5 Å². The summed E-state index contributed by atoms with van der Waals surface area (Å²) in [7, 11) is 3.13. The average molecular weight is 438 g/mol. The number of aryl methyl sites for hydroxylation is 1. The van der Waals surface area contributed by atoms with E-state index >= 15 is 0 Å². The lowest BCUT2D eigenvalue weighted by Gasteiger charge is -2.29. The lowest BCUT2D eigenvalue weighted by molar-refractivity contribution is -0.130. The van der Waals surface area contributed by atoms with E-state index in [0.29, 0.717) is 29.5 Å². The zero-order valence-corrected chi connectivity index (χ0v) is 19.2. The minimum atomic E-state index is -1.10. The van der Waals surface area contributed by atoms with Crippen LogP contribution in [-0.4, -0.2) is 32.1 Å². The van der Waals surface area contributed by atoms with Gasteiger partial charge in [0.2, 0.25) is 11.8 Å². The van der Waals surface area contributed by atoms with Crippen LogP contribution in [0.4, 0.5) is 11.4 Å². The molecule has 1 saturated heterocycles. The number of fused-ring (bicyclic) bond motifs is 2. The van der Waals surface area contributed by atoms with E-state index in [4.69, 9.17) is 9.47 Å². The number of hydrogen-bond donors (Lipinski definition) is 3. The maximum Gasteiger partial charge on any atom is 0.250 e. The number of anilines is 2. The number of ether oxygens (including phenoxy) is 2. The van der Waals surface area contributed by atoms with Gasteiger partial charge in [0.1, 0.15) is 17.0 Å². The molecule has 32 heavy (non-hydrogen) atoms. The molecule has 0 unspecified atom stereocenters. The molecule has 7 heteroatoms. The van der Waals surface area contributed by atoms with Gasteiger partial charge in [-0.2, -0.15) is 0 Å². The van der Waals surface area contributed by atoms with Crippen LogP contribution in [0.2, 0.25) is 0 Å². The normalized spacial score (nSPS) is 23.9. The van der Waals surface area contributed by atoms with Gasteiger partial charge in [0.05, 0.1) is 25.8 Å². The minimum Gasteiger partial charge on any atom is -0.497 e. The molecule has 2 aromatic rings. The summed E-state index contributed by atoms with van der Waals surface area (Å²) in [5.41, 5.74) is 2.04. The van der Waals surface area contributed by atoms with E-state index in [1.54, 1.807) is 32.4 Å². The molecule has 4 rings (SSSR count). The zero-order valence-electron chi connectivity index (χ0n) is 19.2. The Balaban J connectivity index is 1.74. The minimum absolute atomic E-state index is 0.0511. The Morgan fingerprint density at radius 1 is 1.22 bits per heavy atom. The lowest BCUT2D eigenvalue weighted by atomic mass is 9.79. The number of methoxy groups -OCH3 is 2. The summed E-state index contributed by atoms with van der Waals surface area (Å²) in [5.74, 6) is 0.602. The molecule has 0 radical (unpaired) electrons. The van der Waals surface area contributed by atoms with Gasteiger partial charge in [-0.1, -0.05) is 32.0 Å². The van der Waals surface area contributed by atoms with Crippen molar-refractivity contribution in [3.8, 4) is 11.5 Å². The standard InChI is InChI=1S/C25H31N3O4/c1-14(2)11-16-12-19(23(29)26-20-13-17(31-4)9-10-21(20)32-5)25(28-16)18-8-6-7-15(3)22(18)27-24(25)30/h6-10,13-14,16,19,28H,11-12H2,1-5H3,(H,26,29)(H,27,30)/t16-,19+,25-/m0/s1. The first-order chi connectivity index (χ1) is 15.3. The van der Waals surface area contributed by atoms with Crippen molar-refractivity contribution in [3.05, 3.63) is 47.5 Å². The molecule has 170 valence electrons. The Labute approximate surface area is 188 Å². The van der Waals surface area contributed by atoms with Crippen LogP contribution in [0.15, 0.2) is 36.4 Å². The second kappa shape index (κ2) is 8.47. The van der Waals surface area contributed by atoms with E-state index in [9.17, 15) is 9.59 Å². The Bertz CT molecular complexity index is 1050. The first-order valence-electron chi connectivity index (χ1n) is 11.0. The van der Waals surface area contributed by atoms with Crippen molar-refractivity contribution in [1.82, 2.24) is 5.32 Å². The third kappa shape index (κ3) is 3.60. The molecule has 0 bridgehead atoms. The molecule has 2 aromatic carbocycles. The van der Waals surface area contributed by atoms with Crippen LogP contribution < -0.4 is 25.4 Å². The largest absolute Gasteiger partial charge is 0.497 e. The molecule has 7 nitrogen and oxygen atoms in total. The highest BCUT2D eigenvalue weighted by molar-refractivity contribution is 6.11. The van der Waals surface area contributed by atoms with Crippen LogP contribution in [-0.2, 0) is 15.1 Å². The Morgan fingerprint density at radius 3 is 2.69 bits per heavy atom. The van der Waals surface area contributed by atoms with Gasteiger partial charge in [-0.15, -0.1) is 0 Å². The predicted octanol–water partition coefficient (Wildman–Crippen LogP) is 3.82. The third-order valence-corrected chi connectivity index (χ3v) is 6.51. The Kier molecular flexibility index (Phi) is 5.86. The predicted molar refractivity (Wildman–Crippen MR) is 124 cm³/mol. The van der Waals surface area contributed by atoms with Gasteiger partial charge in [0, 0.05) is 23.4 Å². The highest BCUT2D eigenvalue weighted by atomic mass is 16.5. The second-order valence-corrected chi connectivity index (χ2v) is 9.07. The Morgan fingerprint density at radius 2 is 2.00 bits per heavy atom. The number of carbonyl (C=O) groups is 2. The van der Waals surface area contributed by atoms with Gasteiger partial charge < -0.3 is 20.1 Å². The second-order valence-electron chi connectivity index (χ2n) is 9.07. The fourth-order valence-electron chi connectivity index (χ4n) is 5.09. The average Bonchev–Trinajstić information content (AvgIpc) is 3.27. The van der Waals surface area contributed by atoms with Gasteiger partial charge in [-0.25, -0.2) is 0 Å². The molecule has 3 atom stereocenters. The third-order valence-electron chi connectivity index (χ3n) is 6.51. The molecule has 0 aliphatic carbocycles. The summed E-state index contributed by atoms with van der Waals surface area (Å²) < 4.78 is 10.7. The van der Waals surface area contributed by atoms with Crippen LogP contribution in [0.3, 0.4) is 0 Å². The number of para-hydroxylation sites is 1. The van der Waals surface area contributed by atoms with Crippen LogP contribution in [0.1, 0.15) is 37.8 Å². The topological polar surface area (TPSA) is 88.7 Å². The highest BCUT2D eigenvalue weighted by Crippen LogP contribution is 2.49. The zero-order chi connectivity index (χ0) is 23.0. The molecule has 2 amide bonds. The van der Waals surface area contributed by atoms with Crippen molar-refractivity contribution in [3.63, 3.8) is 0 Å². The van der Waals surface area contributed by atoms with Crippen LogP contribution in [0.25, 0.3) is 0 Å². The van der Waals surface area contributed by atoms with Crippen molar-refractivity contribution in [2.45, 2.75) is 45.2 Å². The van der Waals surface area contributed by atoms with Crippen molar-refractivity contribution in [2.24, 2.45) is 11.8 Å². The maximum atomic E-state index is 13.7. The summed E-state index contributed by atoms with van der Waals surface area (Å²) in [5, 5.41) is 9.61.